The average Bonchev–Trinajstić information content (AvgIpc) is 3.47. The fraction of sp³-hybridized carbons (Fsp3) is 0.292. The van der Waals surface area contributed by atoms with Crippen LogP contribution in [0.3, 0.4) is 0 Å². The van der Waals surface area contributed by atoms with Crippen molar-refractivity contribution < 1.29 is 14.1 Å². The number of nitrogens with zero attached hydrogens (tertiary/aromatic N) is 2. The Morgan fingerprint density at radius 3 is 2.30 bits per heavy atom. The highest BCUT2D eigenvalue weighted by atomic mass is 16.6. The molecule has 1 aliphatic rings. The summed E-state index contributed by atoms with van der Waals surface area (Å²) in [7, 11) is 0. The zero-order valence-corrected chi connectivity index (χ0v) is 16.7. The number of furan rings is 1. The molecule has 6 nitrogen and oxygen atoms in total. The van der Waals surface area contributed by atoms with Crippen molar-refractivity contribution in [2.24, 2.45) is 0 Å². The Kier molecular flexibility index (Phi) is 5.65. The van der Waals surface area contributed by atoms with Crippen LogP contribution in [0.5, 0.6) is 0 Å². The van der Waals surface area contributed by atoms with Crippen LogP contribution in [-0.4, -0.2) is 22.3 Å². The first-order chi connectivity index (χ1) is 14.6. The molecule has 0 saturated heterocycles. The van der Waals surface area contributed by atoms with Crippen molar-refractivity contribution in [2.75, 3.05) is 6.54 Å². The third-order valence-electron chi connectivity index (χ3n) is 5.98. The molecule has 6 heteroatoms. The fourth-order valence-corrected chi connectivity index (χ4v) is 4.45. The summed E-state index contributed by atoms with van der Waals surface area (Å²) in [5.41, 5.74) is 2.05. The summed E-state index contributed by atoms with van der Waals surface area (Å²) < 4.78 is 5.39. The van der Waals surface area contributed by atoms with E-state index in [1.54, 1.807) is 24.3 Å². The molecule has 1 aromatic heterocycles. The summed E-state index contributed by atoms with van der Waals surface area (Å²) in [5, 5.41) is 11.0. The van der Waals surface area contributed by atoms with Crippen molar-refractivity contribution in [1.82, 2.24) is 4.90 Å². The number of hydrogen-bond acceptors (Lipinski definition) is 4. The lowest BCUT2D eigenvalue weighted by atomic mass is 9.78. The highest BCUT2D eigenvalue weighted by Crippen LogP contribution is 2.42. The Hall–Kier alpha value is -3.41. The number of benzene rings is 2. The monoisotopic (exact) mass is 404 g/mol. The van der Waals surface area contributed by atoms with Crippen LogP contribution in [0.2, 0.25) is 0 Å². The van der Waals surface area contributed by atoms with E-state index in [0.29, 0.717) is 18.8 Å². The van der Waals surface area contributed by atoms with E-state index >= 15 is 0 Å². The maximum atomic E-state index is 13.3. The van der Waals surface area contributed by atoms with Gasteiger partial charge < -0.3 is 9.32 Å². The quantitative estimate of drug-likeness (QED) is 0.393. The van der Waals surface area contributed by atoms with Gasteiger partial charge >= 0.3 is 0 Å². The lowest BCUT2D eigenvalue weighted by molar-refractivity contribution is -0.384. The Morgan fingerprint density at radius 2 is 1.70 bits per heavy atom. The average molecular weight is 404 g/mol. The summed E-state index contributed by atoms with van der Waals surface area (Å²) in [4.78, 5) is 25.6. The number of non-ortho nitro benzene ring substituents is 1. The Labute approximate surface area is 175 Å². The van der Waals surface area contributed by atoms with E-state index in [-0.39, 0.29) is 17.0 Å². The minimum absolute atomic E-state index is 0.0409. The highest BCUT2D eigenvalue weighted by molar-refractivity contribution is 5.91. The molecule has 4 rings (SSSR count). The molecule has 1 saturated carbocycles. The summed E-state index contributed by atoms with van der Waals surface area (Å²) in [5.74, 6) is 0.138. The van der Waals surface area contributed by atoms with Crippen molar-refractivity contribution in [3.8, 4) is 0 Å². The van der Waals surface area contributed by atoms with Crippen LogP contribution in [0.15, 0.2) is 77.4 Å². The van der Waals surface area contributed by atoms with Gasteiger partial charge in [0.15, 0.2) is 5.76 Å². The number of carbonyl (C=O) groups is 1. The predicted octanol–water partition coefficient (Wildman–Crippen LogP) is 5.34. The summed E-state index contributed by atoms with van der Waals surface area (Å²) in [6, 6.07) is 20.2. The second kappa shape index (κ2) is 8.53. The molecule has 0 radical (unpaired) electrons. The fourth-order valence-electron chi connectivity index (χ4n) is 4.45. The Balaban J connectivity index is 1.64. The van der Waals surface area contributed by atoms with E-state index in [1.807, 2.05) is 23.1 Å². The third-order valence-corrected chi connectivity index (χ3v) is 5.98. The van der Waals surface area contributed by atoms with Crippen molar-refractivity contribution in [1.29, 1.82) is 0 Å². The Bertz CT molecular complexity index is 991. The number of carbonyl (C=O) groups excluding carboxylic acids is 1. The minimum Gasteiger partial charge on any atom is -0.459 e. The van der Waals surface area contributed by atoms with Crippen molar-refractivity contribution in [3.63, 3.8) is 0 Å². The molecule has 0 bridgehead atoms. The largest absolute Gasteiger partial charge is 0.459 e. The normalized spacial score (nSPS) is 15.1. The molecule has 1 amide bonds. The van der Waals surface area contributed by atoms with Gasteiger partial charge in [-0.1, -0.05) is 55.3 Å². The minimum atomic E-state index is -0.418. The van der Waals surface area contributed by atoms with E-state index in [1.165, 1.54) is 24.0 Å². The Morgan fingerprint density at radius 1 is 1.00 bits per heavy atom. The van der Waals surface area contributed by atoms with Crippen LogP contribution in [0.25, 0.3) is 0 Å². The SMILES string of the molecule is O=C(c1ccco1)N(Cc1ccc([N+](=O)[O-])cc1)CC1(c2ccccc2)CCCC1. The van der Waals surface area contributed by atoms with Gasteiger partial charge in [0.2, 0.25) is 0 Å². The molecule has 0 N–H and O–H groups in total. The topological polar surface area (TPSA) is 76.6 Å². The molecule has 154 valence electrons. The zero-order chi connectivity index (χ0) is 21.0. The summed E-state index contributed by atoms with van der Waals surface area (Å²) >= 11 is 0. The number of nitro benzene ring substituents is 1. The van der Waals surface area contributed by atoms with Crippen LogP contribution < -0.4 is 0 Å². The van der Waals surface area contributed by atoms with Crippen LogP contribution >= 0.6 is 0 Å². The van der Waals surface area contributed by atoms with Gasteiger partial charge in [-0.3, -0.25) is 14.9 Å². The molecule has 0 aliphatic heterocycles. The van der Waals surface area contributed by atoms with Crippen LogP contribution in [-0.2, 0) is 12.0 Å². The van der Waals surface area contributed by atoms with Crippen LogP contribution in [0, 0.1) is 10.1 Å². The van der Waals surface area contributed by atoms with Crippen LogP contribution in [0.1, 0.15) is 47.4 Å². The van der Waals surface area contributed by atoms with Gasteiger partial charge in [-0.15, -0.1) is 0 Å². The van der Waals surface area contributed by atoms with Gasteiger partial charge in [-0.05, 0) is 36.1 Å². The summed E-state index contributed by atoms with van der Waals surface area (Å²) in [6.45, 7) is 0.944. The third kappa shape index (κ3) is 4.13. The maximum absolute atomic E-state index is 13.3. The summed E-state index contributed by atoms with van der Waals surface area (Å²) in [6.07, 6.45) is 5.82. The molecular weight excluding hydrogens is 380 g/mol. The van der Waals surface area contributed by atoms with E-state index in [4.69, 9.17) is 4.42 Å². The molecule has 2 aromatic carbocycles. The van der Waals surface area contributed by atoms with E-state index in [0.717, 1.165) is 31.2 Å². The molecule has 0 spiro atoms. The highest BCUT2D eigenvalue weighted by Gasteiger charge is 2.38. The first kappa shape index (κ1) is 19.9. The van der Waals surface area contributed by atoms with Gasteiger partial charge in [0.1, 0.15) is 0 Å². The molecular formula is C24H24N2O4. The molecule has 3 aromatic rings. The van der Waals surface area contributed by atoms with Gasteiger partial charge in [0.05, 0.1) is 11.2 Å². The number of hydrogen-bond donors (Lipinski definition) is 0. The van der Waals surface area contributed by atoms with Crippen molar-refractivity contribution in [2.45, 2.75) is 37.6 Å². The van der Waals surface area contributed by atoms with Gasteiger partial charge in [-0.25, -0.2) is 0 Å². The second-order valence-corrected chi connectivity index (χ2v) is 7.92. The van der Waals surface area contributed by atoms with E-state index in [2.05, 4.69) is 12.1 Å². The lowest BCUT2D eigenvalue weighted by Crippen LogP contribution is -2.42. The van der Waals surface area contributed by atoms with Gasteiger partial charge in [0, 0.05) is 30.6 Å². The zero-order valence-electron chi connectivity index (χ0n) is 16.7. The van der Waals surface area contributed by atoms with Gasteiger partial charge in [0.25, 0.3) is 11.6 Å². The molecule has 1 fully saturated rings. The first-order valence-electron chi connectivity index (χ1n) is 10.2. The lowest BCUT2D eigenvalue weighted by Gasteiger charge is -2.36. The van der Waals surface area contributed by atoms with Crippen molar-refractivity contribution in [3.05, 3.63) is 100.0 Å². The van der Waals surface area contributed by atoms with Crippen LogP contribution in [0.4, 0.5) is 5.69 Å². The first-order valence-corrected chi connectivity index (χ1v) is 10.2. The van der Waals surface area contributed by atoms with Crippen molar-refractivity contribution >= 4 is 11.6 Å². The second-order valence-electron chi connectivity index (χ2n) is 7.92. The molecule has 1 heterocycles. The maximum Gasteiger partial charge on any atom is 0.289 e. The van der Waals surface area contributed by atoms with E-state index < -0.39 is 4.92 Å². The molecule has 0 atom stereocenters. The van der Waals surface area contributed by atoms with Gasteiger partial charge in [-0.2, -0.15) is 0 Å². The smallest absolute Gasteiger partial charge is 0.289 e. The predicted molar refractivity (Wildman–Crippen MR) is 113 cm³/mol. The molecule has 30 heavy (non-hydrogen) atoms. The number of rotatable bonds is 7. The van der Waals surface area contributed by atoms with E-state index in [9.17, 15) is 14.9 Å². The molecule has 1 aliphatic carbocycles. The standard InChI is InChI=1S/C24H24N2O4/c27-23(22-9-6-16-30-22)25(17-19-10-12-21(13-11-19)26(28)29)18-24(14-4-5-15-24)20-7-2-1-3-8-20/h1-3,6-13,16H,4-5,14-15,17-18H2. The number of nitro groups is 1. The number of amides is 1. The molecule has 0 unspecified atom stereocenters.